The molecular formula is C17H20N4OS2. The van der Waals surface area contributed by atoms with E-state index in [0.29, 0.717) is 6.54 Å². The molecule has 0 atom stereocenters. The Bertz CT molecular complexity index is 822. The average molecular weight is 361 g/mol. The minimum atomic E-state index is -0.131. The molecule has 7 heteroatoms. The Balaban J connectivity index is 1.61. The molecule has 2 heterocycles. The summed E-state index contributed by atoms with van der Waals surface area (Å²) in [4.78, 5) is 16.5. The maximum atomic E-state index is 11.8. The number of unbranched alkanes of at least 4 members (excludes halogenated alkanes) is 1. The van der Waals surface area contributed by atoms with Crippen molar-refractivity contribution in [2.75, 3.05) is 0 Å². The number of nitrogens with one attached hydrogen (secondary N) is 1. The molecular weight excluding hydrogens is 340 g/mol. The third-order valence-electron chi connectivity index (χ3n) is 3.61. The lowest BCUT2D eigenvalue weighted by atomic mass is 10.2. The molecule has 24 heavy (non-hydrogen) atoms. The summed E-state index contributed by atoms with van der Waals surface area (Å²) in [5, 5.41) is 10.6. The van der Waals surface area contributed by atoms with Crippen LogP contribution in [0.5, 0.6) is 0 Å². The number of rotatable bonds is 8. The van der Waals surface area contributed by atoms with Crippen LogP contribution in [0.1, 0.15) is 36.0 Å². The smallest absolute Gasteiger partial charge is 0.270 e. The summed E-state index contributed by atoms with van der Waals surface area (Å²) in [7, 11) is 0. The fourth-order valence-corrected chi connectivity index (χ4v) is 4.13. The van der Waals surface area contributed by atoms with Gasteiger partial charge in [0, 0.05) is 24.1 Å². The van der Waals surface area contributed by atoms with Gasteiger partial charge in [0.05, 0.1) is 10.7 Å². The van der Waals surface area contributed by atoms with Gasteiger partial charge in [0.1, 0.15) is 0 Å². The van der Waals surface area contributed by atoms with E-state index in [9.17, 15) is 4.79 Å². The molecule has 3 aromatic rings. The first-order chi connectivity index (χ1) is 11.8. The SMILES string of the molecule is CCCCn1c(SCc2csc(Cc3ccccc3)n2)n[nH]c1=O. The second-order valence-corrected chi connectivity index (χ2v) is 7.39. The van der Waals surface area contributed by atoms with Crippen molar-refractivity contribution in [3.8, 4) is 0 Å². The Morgan fingerprint density at radius 3 is 2.92 bits per heavy atom. The number of aromatic amines is 1. The van der Waals surface area contributed by atoms with E-state index in [4.69, 9.17) is 4.98 Å². The zero-order valence-electron chi connectivity index (χ0n) is 13.6. The predicted molar refractivity (Wildman–Crippen MR) is 98.7 cm³/mol. The van der Waals surface area contributed by atoms with Crippen molar-refractivity contribution in [1.29, 1.82) is 0 Å². The standard InChI is InChI=1S/C17H20N4OS2/c1-2-3-9-21-16(22)19-20-17(21)24-12-14-11-23-15(18-14)10-13-7-5-4-6-8-13/h4-8,11H,2-3,9-10,12H2,1H3,(H,19,22). The third kappa shape index (κ3) is 4.36. The summed E-state index contributed by atoms with van der Waals surface area (Å²) in [6, 6.07) is 10.4. The molecule has 1 aromatic carbocycles. The highest BCUT2D eigenvalue weighted by Gasteiger charge is 2.10. The Hall–Kier alpha value is -1.86. The highest BCUT2D eigenvalue weighted by atomic mass is 32.2. The van der Waals surface area contributed by atoms with Crippen molar-refractivity contribution in [3.63, 3.8) is 0 Å². The minimum absolute atomic E-state index is 0.131. The average Bonchev–Trinajstić information content (AvgIpc) is 3.18. The topological polar surface area (TPSA) is 63.6 Å². The van der Waals surface area contributed by atoms with Gasteiger partial charge in [0.25, 0.3) is 0 Å². The lowest BCUT2D eigenvalue weighted by Gasteiger charge is -2.03. The number of benzene rings is 1. The van der Waals surface area contributed by atoms with Gasteiger partial charge >= 0.3 is 5.69 Å². The summed E-state index contributed by atoms with van der Waals surface area (Å²) < 4.78 is 1.71. The van der Waals surface area contributed by atoms with Crippen LogP contribution in [0.15, 0.2) is 45.7 Å². The molecule has 126 valence electrons. The molecule has 0 aliphatic heterocycles. The van der Waals surface area contributed by atoms with Gasteiger partial charge < -0.3 is 0 Å². The van der Waals surface area contributed by atoms with Gasteiger partial charge in [-0.2, -0.15) is 0 Å². The molecule has 0 radical (unpaired) electrons. The zero-order valence-corrected chi connectivity index (χ0v) is 15.2. The predicted octanol–water partition coefficient (Wildman–Crippen LogP) is 3.71. The molecule has 0 aliphatic carbocycles. The summed E-state index contributed by atoms with van der Waals surface area (Å²) in [5.41, 5.74) is 2.18. The maximum absolute atomic E-state index is 11.8. The maximum Gasteiger partial charge on any atom is 0.343 e. The van der Waals surface area contributed by atoms with Crippen LogP contribution in [0.4, 0.5) is 0 Å². The number of thioether (sulfide) groups is 1. The fourth-order valence-electron chi connectivity index (χ4n) is 2.33. The Morgan fingerprint density at radius 2 is 2.12 bits per heavy atom. The number of hydrogen-bond donors (Lipinski definition) is 1. The van der Waals surface area contributed by atoms with E-state index in [1.54, 1.807) is 27.7 Å². The largest absolute Gasteiger partial charge is 0.343 e. The van der Waals surface area contributed by atoms with Crippen molar-refractivity contribution in [2.24, 2.45) is 0 Å². The van der Waals surface area contributed by atoms with Gasteiger partial charge in [-0.3, -0.25) is 4.57 Å². The lowest BCUT2D eigenvalue weighted by molar-refractivity contribution is 0.573. The second kappa shape index (κ2) is 8.30. The zero-order chi connectivity index (χ0) is 16.8. The Kier molecular flexibility index (Phi) is 5.87. The van der Waals surface area contributed by atoms with Crippen molar-refractivity contribution >= 4 is 23.1 Å². The monoisotopic (exact) mass is 360 g/mol. The van der Waals surface area contributed by atoms with Crippen LogP contribution in [-0.2, 0) is 18.7 Å². The Labute approximate surface area is 149 Å². The molecule has 3 rings (SSSR count). The number of H-pyrrole nitrogens is 1. The first kappa shape index (κ1) is 17.0. The first-order valence-corrected chi connectivity index (χ1v) is 9.88. The summed E-state index contributed by atoms with van der Waals surface area (Å²) in [5.74, 6) is 0.724. The van der Waals surface area contributed by atoms with Crippen LogP contribution in [0.3, 0.4) is 0 Å². The van der Waals surface area contributed by atoms with Gasteiger partial charge in [-0.25, -0.2) is 14.9 Å². The quantitative estimate of drug-likeness (QED) is 0.622. The van der Waals surface area contributed by atoms with E-state index in [-0.39, 0.29) is 5.69 Å². The van der Waals surface area contributed by atoms with Crippen molar-refractivity contribution in [1.82, 2.24) is 19.7 Å². The van der Waals surface area contributed by atoms with Crippen LogP contribution in [0, 0.1) is 0 Å². The van der Waals surface area contributed by atoms with Gasteiger partial charge in [-0.05, 0) is 12.0 Å². The van der Waals surface area contributed by atoms with Crippen LogP contribution < -0.4 is 5.69 Å². The minimum Gasteiger partial charge on any atom is -0.270 e. The molecule has 0 fully saturated rings. The Morgan fingerprint density at radius 1 is 1.29 bits per heavy atom. The summed E-state index contributed by atoms with van der Waals surface area (Å²) in [6.07, 6.45) is 2.89. The van der Waals surface area contributed by atoms with E-state index in [1.807, 2.05) is 18.2 Å². The normalized spacial score (nSPS) is 11.0. The van der Waals surface area contributed by atoms with Gasteiger partial charge in [0.2, 0.25) is 0 Å². The van der Waals surface area contributed by atoms with Gasteiger partial charge in [-0.15, -0.1) is 16.4 Å². The third-order valence-corrected chi connectivity index (χ3v) is 5.51. The number of nitrogens with zero attached hydrogens (tertiary/aromatic N) is 3. The van der Waals surface area contributed by atoms with E-state index in [0.717, 1.165) is 40.9 Å². The van der Waals surface area contributed by atoms with E-state index in [1.165, 1.54) is 5.56 Å². The molecule has 0 unspecified atom stereocenters. The highest BCUT2D eigenvalue weighted by Crippen LogP contribution is 2.22. The lowest BCUT2D eigenvalue weighted by Crippen LogP contribution is -2.17. The van der Waals surface area contributed by atoms with Crippen molar-refractivity contribution in [3.05, 3.63) is 62.5 Å². The molecule has 5 nitrogen and oxygen atoms in total. The summed E-state index contributed by atoms with van der Waals surface area (Å²) >= 11 is 3.24. The molecule has 0 saturated heterocycles. The first-order valence-electron chi connectivity index (χ1n) is 8.01. The number of thiazole rings is 1. The van der Waals surface area contributed by atoms with Crippen LogP contribution in [0.25, 0.3) is 0 Å². The highest BCUT2D eigenvalue weighted by molar-refractivity contribution is 7.98. The molecule has 1 N–H and O–H groups in total. The van der Waals surface area contributed by atoms with Gasteiger partial charge in [-0.1, -0.05) is 55.4 Å². The molecule has 0 aliphatic rings. The molecule has 0 amide bonds. The molecule has 2 aromatic heterocycles. The van der Waals surface area contributed by atoms with Crippen molar-refractivity contribution < 1.29 is 0 Å². The van der Waals surface area contributed by atoms with Gasteiger partial charge in [0.15, 0.2) is 5.16 Å². The fraction of sp³-hybridized carbons (Fsp3) is 0.353. The molecule has 0 spiro atoms. The van der Waals surface area contributed by atoms with E-state index < -0.39 is 0 Å². The van der Waals surface area contributed by atoms with Crippen LogP contribution in [0.2, 0.25) is 0 Å². The van der Waals surface area contributed by atoms with E-state index in [2.05, 4.69) is 34.6 Å². The van der Waals surface area contributed by atoms with E-state index >= 15 is 0 Å². The number of aromatic nitrogens is 4. The molecule has 0 saturated carbocycles. The van der Waals surface area contributed by atoms with Crippen molar-refractivity contribution in [2.45, 2.75) is 43.6 Å². The molecule has 0 bridgehead atoms. The number of hydrogen-bond acceptors (Lipinski definition) is 5. The van der Waals surface area contributed by atoms with Crippen LogP contribution >= 0.6 is 23.1 Å². The second-order valence-electron chi connectivity index (χ2n) is 5.50. The van der Waals surface area contributed by atoms with Crippen LogP contribution in [-0.4, -0.2) is 19.7 Å². The summed E-state index contributed by atoms with van der Waals surface area (Å²) in [6.45, 7) is 2.83.